The lowest BCUT2D eigenvalue weighted by Crippen LogP contribution is -2.71. The van der Waals surface area contributed by atoms with Crippen molar-refractivity contribution in [1.82, 2.24) is 24.4 Å². The number of thiazole rings is 1. The van der Waals surface area contributed by atoms with E-state index >= 15 is 0 Å². The number of hydrogen-bond acceptors (Lipinski definition) is 12. The fraction of sp³-hybridized carbons (Fsp3) is 0.375. The number of aromatic nitrogens is 3. The number of nitrogen functional groups attached to an aromatic ring is 2. The first-order valence-corrected chi connectivity index (χ1v) is 11.7. The number of amides is 2. The number of nitrogens with two attached hydrogens (primary N) is 2. The molecular formula is C16H21N9O7S2. The summed E-state index contributed by atoms with van der Waals surface area (Å²) in [5.41, 5.74) is 11.2. The van der Waals surface area contributed by atoms with Gasteiger partial charge in [0.25, 0.3) is 11.8 Å². The lowest BCUT2D eigenvalue weighted by molar-refractivity contribution is -0.143. The number of carbonyl (C=O) groups is 2. The highest BCUT2D eigenvalue weighted by atomic mass is 32.2. The average molecular weight is 516 g/mol. The lowest BCUT2D eigenvalue weighted by atomic mass is 10.0. The minimum Gasteiger partial charge on any atom is -0.473 e. The van der Waals surface area contributed by atoms with Crippen molar-refractivity contribution in [2.75, 3.05) is 18.9 Å². The van der Waals surface area contributed by atoms with Crippen molar-refractivity contribution in [2.24, 2.45) is 17.9 Å². The summed E-state index contributed by atoms with van der Waals surface area (Å²) in [6.45, 7) is 1.20. The maximum Gasteiger partial charge on any atom is 0.362 e. The van der Waals surface area contributed by atoms with Crippen LogP contribution >= 0.6 is 11.3 Å². The van der Waals surface area contributed by atoms with Gasteiger partial charge in [0.15, 0.2) is 17.5 Å². The first-order chi connectivity index (χ1) is 15.9. The zero-order valence-corrected chi connectivity index (χ0v) is 19.5. The van der Waals surface area contributed by atoms with Crippen LogP contribution in [0, 0.1) is 5.41 Å². The third-order valence-electron chi connectivity index (χ3n) is 4.56. The minimum absolute atomic E-state index is 0.0204. The molecule has 1 aliphatic heterocycles. The number of anilines is 1. The van der Waals surface area contributed by atoms with E-state index in [1.54, 1.807) is 7.05 Å². The van der Waals surface area contributed by atoms with E-state index in [-0.39, 0.29) is 45.8 Å². The molecule has 2 aromatic heterocycles. The third-order valence-corrected chi connectivity index (χ3v) is 6.25. The molecule has 0 aromatic carbocycles. The van der Waals surface area contributed by atoms with E-state index in [0.29, 0.717) is 5.69 Å². The largest absolute Gasteiger partial charge is 0.473 e. The van der Waals surface area contributed by atoms with Crippen molar-refractivity contribution >= 4 is 50.1 Å². The van der Waals surface area contributed by atoms with Crippen molar-refractivity contribution in [3.63, 3.8) is 0 Å². The summed E-state index contributed by atoms with van der Waals surface area (Å²) >= 11 is 1.04. The maximum atomic E-state index is 12.7. The van der Waals surface area contributed by atoms with Crippen molar-refractivity contribution in [2.45, 2.75) is 19.0 Å². The zero-order chi connectivity index (χ0) is 25.2. The number of nitrogens with one attached hydrogen (secondary N) is 2. The van der Waals surface area contributed by atoms with Gasteiger partial charge in [-0.1, -0.05) is 5.16 Å². The number of nitrogens with zero attached hydrogens (tertiary/aromatic N) is 5. The van der Waals surface area contributed by atoms with Gasteiger partial charge in [-0.25, -0.2) is 9.29 Å². The summed E-state index contributed by atoms with van der Waals surface area (Å²) in [6.07, 6.45) is 0. The van der Waals surface area contributed by atoms with Crippen LogP contribution < -0.4 is 21.5 Å². The fourth-order valence-corrected chi connectivity index (χ4v) is 4.40. The Hall–Kier alpha value is -3.77. The van der Waals surface area contributed by atoms with Gasteiger partial charge < -0.3 is 26.4 Å². The van der Waals surface area contributed by atoms with Crippen LogP contribution in [0.2, 0.25) is 0 Å². The first kappa shape index (κ1) is 24.9. The summed E-state index contributed by atoms with van der Waals surface area (Å²) in [5.74, 6) is -1.86. The van der Waals surface area contributed by atoms with Crippen LogP contribution in [0.25, 0.3) is 0 Å². The highest BCUT2D eigenvalue weighted by Crippen LogP contribution is 2.23. The molecule has 3 rings (SSSR count). The van der Waals surface area contributed by atoms with E-state index < -0.39 is 34.2 Å². The smallest absolute Gasteiger partial charge is 0.362 e. The Balaban J connectivity index is 1.63. The van der Waals surface area contributed by atoms with E-state index in [9.17, 15) is 18.0 Å². The summed E-state index contributed by atoms with van der Waals surface area (Å²) in [7, 11) is -3.15. The van der Waals surface area contributed by atoms with E-state index in [2.05, 4.69) is 20.6 Å². The zero-order valence-electron chi connectivity index (χ0n) is 17.8. The molecule has 0 bridgehead atoms. The average Bonchev–Trinajstić information content (AvgIpc) is 3.33. The number of carbonyl (C=O) groups excluding carboxylic acids is 2. The Labute approximate surface area is 196 Å². The fourth-order valence-electron chi connectivity index (χ4n) is 2.97. The Bertz CT molecular complexity index is 1250. The van der Waals surface area contributed by atoms with E-state index in [4.69, 9.17) is 31.0 Å². The quantitative estimate of drug-likeness (QED) is 0.0582. The normalized spacial score (nSPS) is 18.4. The van der Waals surface area contributed by atoms with E-state index in [1.165, 1.54) is 23.1 Å². The number of rotatable bonds is 10. The van der Waals surface area contributed by atoms with Gasteiger partial charge in [-0.05, 0) is 6.92 Å². The predicted molar refractivity (Wildman–Crippen MR) is 119 cm³/mol. The van der Waals surface area contributed by atoms with Crippen LogP contribution in [0.3, 0.4) is 0 Å². The highest BCUT2D eigenvalue weighted by Gasteiger charge is 2.51. The standard InChI is InChI=1S/C16H21N9O7S2/c1-7-11(15(27)25(7)34(28,29)30)21-14(26)12(8-6-33-16(19)20-8)23-32-4-3-31-10-5-9(13(17)18)24(2)22-10/h5-7,11H,3-4H2,1-2H3,(H3,17,18)(H2,19,20)(H,21,26)(H,28,29,30). The number of hydrogen-bond donors (Lipinski definition) is 5. The predicted octanol–water partition coefficient (Wildman–Crippen LogP) is -1.94. The Morgan fingerprint density at radius 1 is 1.44 bits per heavy atom. The highest BCUT2D eigenvalue weighted by molar-refractivity contribution is 7.84. The molecule has 0 saturated carbocycles. The van der Waals surface area contributed by atoms with E-state index in [1.807, 2.05) is 0 Å². The molecule has 1 aliphatic rings. The summed E-state index contributed by atoms with van der Waals surface area (Å²) in [4.78, 5) is 33.9. The molecule has 7 N–H and O–H groups in total. The van der Waals surface area contributed by atoms with Crippen LogP contribution in [-0.2, 0) is 31.8 Å². The molecule has 1 fully saturated rings. The Morgan fingerprint density at radius 2 is 2.15 bits per heavy atom. The first-order valence-electron chi connectivity index (χ1n) is 9.44. The van der Waals surface area contributed by atoms with Gasteiger partial charge in [-0.3, -0.25) is 24.2 Å². The van der Waals surface area contributed by atoms with Crippen LogP contribution in [0.15, 0.2) is 16.6 Å². The van der Waals surface area contributed by atoms with Gasteiger partial charge in [0.05, 0.1) is 6.04 Å². The molecule has 0 radical (unpaired) electrons. The number of amidine groups is 1. The number of aryl methyl sites for hydroxylation is 1. The molecule has 2 atom stereocenters. The van der Waals surface area contributed by atoms with Crippen LogP contribution in [0.5, 0.6) is 5.88 Å². The summed E-state index contributed by atoms with van der Waals surface area (Å²) in [5, 5.41) is 19.2. The second-order valence-electron chi connectivity index (χ2n) is 6.90. The van der Waals surface area contributed by atoms with Gasteiger partial charge in [-0.15, -0.1) is 16.4 Å². The molecular weight excluding hydrogens is 494 g/mol. The molecule has 34 heavy (non-hydrogen) atoms. The monoisotopic (exact) mass is 515 g/mol. The van der Waals surface area contributed by atoms with Crippen molar-refractivity contribution in [1.29, 1.82) is 5.41 Å². The van der Waals surface area contributed by atoms with Gasteiger partial charge in [-0.2, -0.15) is 8.42 Å². The Morgan fingerprint density at radius 3 is 2.68 bits per heavy atom. The van der Waals surface area contributed by atoms with Crippen molar-refractivity contribution in [3.8, 4) is 5.88 Å². The molecule has 1 saturated heterocycles. The van der Waals surface area contributed by atoms with Gasteiger partial charge in [0.2, 0.25) is 5.88 Å². The molecule has 3 heterocycles. The van der Waals surface area contributed by atoms with Gasteiger partial charge in [0.1, 0.15) is 29.9 Å². The van der Waals surface area contributed by atoms with Crippen LogP contribution in [0.4, 0.5) is 5.13 Å². The number of ether oxygens (including phenoxy) is 1. The van der Waals surface area contributed by atoms with Crippen molar-refractivity contribution in [3.05, 3.63) is 22.8 Å². The molecule has 16 nitrogen and oxygen atoms in total. The molecule has 0 spiro atoms. The van der Waals surface area contributed by atoms with Crippen LogP contribution in [0.1, 0.15) is 18.3 Å². The molecule has 184 valence electrons. The van der Waals surface area contributed by atoms with Gasteiger partial charge >= 0.3 is 10.3 Å². The molecule has 2 aromatic rings. The maximum absolute atomic E-state index is 12.7. The molecule has 2 unspecified atom stereocenters. The Kier molecular flexibility index (Phi) is 7.03. The summed E-state index contributed by atoms with van der Waals surface area (Å²) in [6, 6.07) is -0.755. The lowest BCUT2D eigenvalue weighted by Gasteiger charge is -2.42. The van der Waals surface area contributed by atoms with Crippen LogP contribution in [-0.4, -0.2) is 80.7 Å². The second kappa shape index (κ2) is 9.61. The molecule has 2 amide bonds. The van der Waals surface area contributed by atoms with Gasteiger partial charge in [0, 0.05) is 18.5 Å². The van der Waals surface area contributed by atoms with Crippen molar-refractivity contribution < 1.29 is 32.1 Å². The molecule has 18 heteroatoms. The number of β-lactam (4-membered cyclic amide) rings is 1. The molecule has 0 aliphatic carbocycles. The minimum atomic E-state index is -4.74. The van der Waals surface area contributed by atoms with E-state index in [0.717, 1.165) is 11.3 Å². The summed E-state index contributed by atoms with van der Waals surface area (Å²) < 4.78 is 38.5. The topological polar surface area (TPSA) is 241 Å². The second-order valence-corrected chi connectivity index (χ2v) is 9.08. The number of oxime groups is 1. The third kappa shape index (κ3) is 5.24. The SMILES string of the molecule is CC1C(NC(=O)C(=NOCCOc2cc(C(=N)N)n(C)n2)c2csc(N)n2)C(=O)N1S(=O)(=O)O.